The highest BCUT2D eigenvalue weighted by Crippen LogP contribution is 2.30. The summed E-state index contributed by atoms with van der Waals surface area (Å²) < 4.78 is 0. The smallest absolute Gasteiger partial charge is 0.274 e. The second kappa shape index (κ2) is 8.42. The molecule has 26 heavy (non-hydrogen) atoms. The van der Waals surface area contributed by atoms with Crippen molar-refractivity contribution in [1.82, 2.24) is 20.4 Å². The number of aromatic amines is 1. The van der Waals surface area contributed by atoms with Crippen LogP contribution < -0.4 is 5.32 Å². The highest BCUT2D eigenvalue weighted by molar-refractivity contribution is 6.30. The molecular weight excluding hydrogens is 371 g/mol. The summed E-state index contributed by atoms with van der Waals surface area (Å²) in [5.41, 5.74) is 3.94. The number of rotatable bonds is 6. The molecule has 1 amide bonds. The number of amides is 1. The Balaban J connectivity index is 0.00000196. The van der Waals surface area contributed by atoms with Crippen LogP contribution in [0.5, 0.6) is 0 Å². The second-order valence-corrected chi connectivity index (χ2v) is 7.46. The van der Waals surface area contributed by atoms with Crippen molar-refractivity contribution in [2.45, 2.75) is 32.2 Å². The van der Waals surface area contributed by atoms with E-state index >= 15 is 0 Å². The fourth-order valence-corrected chi connectivity index (χ4v) is 3.48. The van der Waals surface area contributed by atoms with Crippen molar-refractivity contribution >= 4 is 29.9 Å². The van der Waals surface area contributed by atoms with E-state index in [1.165, 1.54) is 18.4 Å². The number of fused-ring (bicyclic) bond motifs is 1. The van der Waals surface area contributed by atoms with E-state index in [2.05, 4.69) is 15.5 Å². The van der Waals surface area contributed by atoms with Crippen LogP contribution in [0.25, 0.3) is 0 Å². The minimum Gasteiger partial charge on any atom is -0.337 e. The lowest BCUT2D eigenvalue weighted by molar-refractivity contribution is 0.0742. The molecule has 2 aromatic rings. The molecule has 2 aliphatic rings. The van der Waals surface area contributed by atoms with Crippen LogP contribution in [0.15, 0.2) is 24.3 Å². The number of hydrogen-bond acceptors (Lipinski definition) is 3. The zero-order chi connectivity index (χ0) is 17.2. The molecular formula is C19H24Cl2N4O. The van der Waals surface area contributed by atoms with Crippen molar-refractivity contribution < 1.29 is 4.79 Å². The molecule has 2 N–H and O–H groups in total. The Morgan fingerprint density at radius 2 is 2.04 bits per heavy atom. The van der Waals surface area contributed by atoms with Crippen molar-refractivity contribution in [3.8, 4) is 0 Å². The first-order chi connectivity index (χ1) is 12.2. The standard InChI is InChI=1S/C19H23ClN4O.ClH/c20-15-5-3-13(4-6-15)8-10-24(12-14-1-2-14)19(25)18-16-11-21-9-7-17(16)22-23-18;/h3-6,14,21H,1-2,7-12H2,(H,22,23);1H. The van der Waals surface area contributed by atoms with Gasteiger partial charge in [0.1, 0.15) is 0 Å². The molecule has 2 heterocycles. The van der Waals surface area contributed by atoms with Gasteiger partial charge in [-0.2, -0.15) is 5.10 Å². The second-order valence-electron chi connectivity index (χ2n) is 7.03. The summed E-state index contributed by atoms with van der Waals surface area (Å²) in [6, 6.07) is 7.87. The third-order valence-corrected chi connectivity index (χ3v) is 5.31. The minimum absolute atomic E-state index is 0. The van der Waals surface area contributed by atoms with Gasteiger partial charge in [-0.1, -0.05) is 23.7 Å². The molecule has 0 unspecified atom stereocenters. The monoisotopic (exact) mass is 394 g/mol. The number of carbonyl (C=O) groups is 1. The zero-order valence-electron chi connectivity index (χ0n) is 14.6. The molecule has 1 saturated carbocycles. The molecule has 1 aliphatic carbocycles. The lowest BCUT2D eigenvalue weighted by Gasteiger charge is -2.23. The van der Waals surface area contributed by atoms with Gasteiger partial charge in [0, 0.05) is 48.9 Å². The van der Waals surface area contributed by atoms with E-state index in [-0.39, 0.29) is 18.3 Å². The summed E-state index contributed by atoms with van der Waals surface area (Å²) in [4.78, 5) is 15.1. The molecule has 0 bridgehead atoms. The summed E-state index contributed by atoms with van der Waals surface area (Å²) in [7, 11) is 0. The lowest BCUT2D eigenvalue weighted by atomic mass is 10.1. The van der Waals surface area contributed by atoms with E-state index < -0.39 is 0 Å². The van der Waals surface area contributed by atoms with Crippen LogP contribution in [0, 0.1) is 5.92 Å². The quantitative estimate of drug-likeness (QED) is 0.790. The fourth-order valence-electron chi connectivity index (χ4n) is 3.35. The maximum Gasteiger partial charge on any atom is 0.274 e. The SMILES string of the molecule is Cl.O=C(c1n[nH]c2c1CNCC2)N(CCc1ccc(Cl)cc1)CC1CC1. The van der Waals surface area contributed by atoms with E-state index in [9.17, 15) is 4.79 Å². The van der Waals surface area contributed by atoms with Crippen LogP contribution in [0.2, 0.25) is 5.02 Å². The summed E-state index contributed by atoms with van der Waals surface area (Å²) in [6.07, 6.45) is 4.19. The van der Waals surface area contributed by atoms with E-state index in [0.717, 1.165) is 48.8 Å². The van der Waals surface area contributed by atoms with Gasteiger partial charge in [0.15, 0.2) is 5.69 Å². The number of nitrogens with one attached hydrogen (secondary N) is 2. The molecule has 1 fully saturated rings. The number of halogens is 2. The van der Waals surface area contributed by atoms with Crippen LogP contribution >= 0.6 is 24.0 Å². The normalized spacial score (nSPS) is 15.9. The van der Waals surface area contributed by atoms with Gasteiger partial charge < -0.3 is 10.2 Å². The highest BCUT2D eigenvalue weighted by Gasteiger charge is 2.30. The summed E-state index contributed by atoms with van der Waals surface area (Å²) in [5, 5.41) is 11.5. The van der Waals surface area contributed by atoms with E-state index in [4.69, 9.17) is 11.6 Å². The molecule has 0 saturated heterocycles. The van der Waals surface area contributed by atoms with Crippen LogP contribution in [0.1, 0.15) is 40.2 Å². The van der Waals surface area contributed by atoms with Gasteiger partial charge in [-0.25, -0.2) is 0 Å². The molecule has 7 heteroatoms. The summed E-state index contributed by atoms with van der Waals surface area (Å²) in [6.45, 7) is 3.21. The first-order valence-electron chi connectivity index (χ1n) is 9.01. The maximum absolute atomic E-state index is 13.1. The Morgan fingerprint density at radius 3 is 2.77 bits per heavy atom. The number of benzene rings is 1. The Labute approximate surface area is 164 Å². The molecule has 140 valence electrons. The van der Waals surface area contributed by atoms with E-state index in [1.807, 2.05) is 29.2 Å². The maximum atomic E-state index is 13.1. The number of hydrogen-bond donors (Lipinski definition) is 2. The molecule has 5 nitrogen and oxygen atoms in total. The fraction of sp³-hybridized carbons (Fsp3) is 0.474. The predicted molar refractivity (Wildman–Crippen MR) is 105 cm³/mol. The van der Waals surface area contributed by atoms with Gasteiger partial charge in [0.25, 0.3) is 5.91 Å². The minimum atomic E-state index is 0. The number of H-pyrrole nitrogens is 1. The van der Waals surface area contributed by atoms with Gasteiger partial charge >= 0.3 is 0 Å². The lowest BCUT2D eigenvalue weighted by Crippen LogP contribution is -2.36. The van der Waals surface area contributed by atoms with Crippen LogP contribution in [0.4, 0.5) is 0 Å². The van der Waals surface area contributed by atoms with Crippen molar-refractivity contribution in [2.24, 2.45) is 5.92 Å². The molecule has 1 aliphatic heterocycles. The largest absolute Gasteiger partial charge is 0.337 e. The molecule has 4 rings (SSSR count). The zero-order valence-corrected chi connectivity index (χ0v) is 16.2. The van der Waals surface area contributed by atoms with Gasteiger partial charge in [-0.15, -0.1) is 12.4 Å². The Bertz CT molecular complexity index is 755. The van der Waals surface area contributed by atoms with Gasteiger partial charge in [-0.05, 0) is 42.9 Å². The number of aromatic nitrogens is 2. The first-order valence-corrected chi connectivity index (χ1v) is 9.39. The van der Waals surface area contributed by atoms with E-state index in [1.54, 1.807) is 0 Å². The average Bonchev–Trinajstić information content (AvgIpc) is 3.35. The first kappa shape index (κ1) is 19.2. The number of carbonyl (C=O) groups excluding carboxylic acids is 1. The Hall–Kier alpha value is -1.56. The van der Waals surface area contributed by atoms with Crippen molar-refractivity contribution in [3.63, 3.8) is 0 Å². The van der Waals surface area contributed by atoms with Gasteiger partial charge in [-0.3, -0.25) is 9.89 Å². The third-order valence-electron chi connectivity index (χ3n) is 5.06. The molecule has 1 aromatic heterocycles. The molecule has 0 atom stereocenters. The van der Waals surface area contributed by atoms with Crippen LogP contribution in [0.3, 0.4) is 0 Å². The molecule has 0 spiro atoms. The van der Waals surface area contributed by atoms with E-state index in [0.29, 0.717) is 18.2 Å². The average molecular weight is 395 g/mol. The van der Waals surface area contributed by atoms with Crippen molar-refractivity contribution in [1.29, 1.82) is 0 Å². The third kappa shape index (κ3) is 4.40. The summed E-state index contributed by atoms with van der Waals surface area (Å²) >= 11 is 5.95. The Morgan fingerprint density at radius 1 is 1.27 bits per heavy atom. The van der Waals surface area contributed by atoms with Crippen LogP contribution in [-0.4, -0.2) is 40.6 Å². The predicted octanol–water partition coefficient (Wildman–Crippen LogP) is 3.23. The van der Waals surface area contributed by atoms with Crippen molar-refractivity contribution in [2.75, 3.05) is 19.6 Å². The van der Waals surface area contributed by atoms with Gasteiger partial charge in [0.05, 0.1) is 0 Å². The molecule has 0 radical (unpaired) electrons. The number of nitrogens with zero attached hydrogens (tertiary/aromatic N) is 2. The summed E-state index contributed by atoms with van der Waals surface area (Å²) in [5.74, 6) is 0.712. The van der Waals surface area contributed by atoms with Crippen molar-refractivity contribution in [3.05, 3.63) is 51.8 Å². The highest BCUT2D eigenvalue weighted by atomic mass is 35.5. The Kier molecular flexibility index (Phi) is 6.22. The van der Waals surface area contributed by atoms with Gasteiger partial charge in [0.2, 0.25) is 0 Å². The van der Waals surface area contributed by atoms with Crippen LogP contribution in [-0.2, 0) is 19.4 Å². The topological polar surface area (TPSA) is 61.0 Å². The molecule has 1 aromatic carbocycles.